The van der Waals surface area contributed by atoms with Gasteiger partial charge in [-0.05, 0) is 43.7 Å². The summed E-state index contributed by atoms with van der Waals surface area (Å²) < 4.78 is 0. The Morgan fingerprint density at radius 3 is 1.31 bits per heavy atom. The van der Waals surface area contributed by atoms with Gasteiger partial charge in [-0.25, -0.2) is 0 Å². The molecule has 0 radical (unpaired) electrons. The summed E-state index contributed by atoms with van der Waals surface area (Å²) in [6.07, 6.45) is 30.7. The average molecular weight is 385 g/mol. The molecule has 26 heavy (non-hydrogen) atoms. The predicted molar refractivity (Wildman–Crippen MR) is 118 cm³/mol. The van der Waals surface area contributed by atoms with Crippen LogP contribution in [0.4, 0.5) is 0 Å². The first-order chi connectivity index (χ1) is 12.8. The minimum Gasteiger partial charge on any atom is -0.281 e. The van der Waals surface area contributed by atoms with E-state index in [2.05, 4.69) is 19.1 Å². The zero-order valence-corrected chi connectivity index (χ0v) is 18.3. The highest BCUT2D eigenvalue weighted by molar-refractivity contribution is 6.63. The Morgan fingerprint density at radius 2 is 0.923 bits per heavy atom. The molecule has 0 aromatic heterocycles. The summed E-state index contributed by atoms with van der Waals surface area (Å²) in [6.45, 7) is 2.28. The fraction of sp³-hybridized carbons (Fsp3) is 0.875. The van der Waals surface area contributed by atoms with E-state index in [0.717, 1.165) is 12.8 Å². The van der Waals surface area contributed by atoms with Crippen molar-refractivity contribution < 1.29 is 4.79 Å². The third-order valence-electron chi connectivity index (χ3n) is 5.14. The van der Waals surface area contributed by atoms with E-state index in [1.807, 2.05) is 0 Å². The number of hydrogen-bond donors (Lipinski definition) is 0. The fourth-order valence-electron chi connectivity index (χ4n) is 3.40. The van der Waals surface area contributed by atoms with Crippen LogP contribution in [0.2, 0.25) is 0 Å². The molecule has 0 rings (SSSR count). The van der Waals surface area contributed by atoms with Crippen molar-refractivity contribution in [2.75, 3.05) is 0 Å². The molecule has 0 amide bonds. The van der Waals surface area contributed by atoms with E-state index in [4.69, 9.17) is 11.6 Å². The highest BCUT2D eigenvalue weighted by Gasteiger charge is 1.96. The molecule has 0 atom stereocenters. The van der Waals surface area contributed by atoms with Crippen molar-refractivity contribution in [3.8, 4) is 0 Å². The molecule has 0 aromatic rings. The molecule has 0 heterocycles. The number of allylic oxidation sites excluding steroid dienone is 2. The van der Waals surface area contributed by atoms with Crippen LogP contribution in [0.15, 0.2) is 12.2 Å². The number of halogens is 1. The van der Waals surface area contributed by atoms with Crippen molar-refractivity contribution in [2.24, 2.45) is 0 Å². The normalized spacial score (nSPS) is 11.5. The minimum atomic E-state index is -0.182. The molecule has 0 aliphatic carbocycles. The summed E-state index contributed by atoms with van der Waals surface area (Å²) in [4.78, 5) is 10.6. The Bertz CT molecular complexity index is 311. The van der Waals surface area contributed by atoms with Crippen LogP contribution in [0.5, 0.6) is 0 Å². The van der Waals surface area contributed by atoms with Gasteiger partial charge in [0.1, 0.15) is 0 Å². The lowest BCUT2D eigenvalue weighted by Crippen LogP contribution is -1.86. The van der Waals surface area contributed by atoms with Gasteiger partial charge < -0.3 is 0 Å². The summed E-state index contributed by atoms with van der Waals surface area (Å²) in [5.74, 6) is 0. The number of rotatable bonds is 21. The maximum Gasteiger partial charge on any atom is 0.221 e. The molecule has 1 nitrogen and oxygen atoms in total. The Hall–Kier alpha value is -0.300. The van der Waals surface area contributed by atoms with Gasteiger partial charge in [-0.15, -0.1) is 0 Å². The highest BCUT2D eigenvalue weighted by Crippen LogP contribution is 2.13. The Morgan fingerprint density at radius 1 is 0.577 bits per heavy atom. The van der Waals surface area contributed by atoms with Crippen molar-refractivity contribution in [3.05, 3.63) is 12.2 Å². The van der Waals surface area contributed by atoms with Gasteiger partial charge in [-0.2, -0.15) is 0 Å². The minimum absolute atomic E-state index is 0.182. The van der Waals surface area contributed by atoms with E-state index in [1.54, 1.807) is 0 Å². The third kappa shape index (κ3) is 23.7. The second-order valence-electron chi connectivity index (χ2n) is 7.81. The van der Waals surface area contributed by atoms with E-state index in [9.17, 15) is 4.79 Å². The molecule has 0 unspecified atom stereocenters. The van der Waals surface area contributed by atoms with Crippen molar-refractivity contribution in [1.82, 2.24) is 0 Å². The fourth-order valence-corrected chi connectivity index (χ4v) is 3.53. The molecule has 0 aromatic carbocycles. The van der Waals surface area contributed by atoms with E-state index >= 15 is 0 Å². The third-order valence-corrected chi connectivity index (χ3v) is 5.32. The molecule has 0 saturated carbocycles. The van der Waals surface area contributed by atoms with Gasteiger partial charge in [0.25, 0.3) is 0 Å². The molecule has 154 valence electrons. The second kappa shape index (κ2) is 22.7. The van der Waals surface area contributed by atoms with Gasteiger partial charge >= 0.3 is 0 Å². The van der Waals surface area contributed by atoms with Gasteiger partial charge in [0, 0.05) is 6.42 Å². The molecular formula is C24H45ClO. The van der Waals surface area contributed by atoms with Gasteiger partial charge in [-0.3, -0.25) is 4.79 Å². The van der Waals surface area contributed by atoms with E-state index < -0.39 is 0 Å². The van der Waals surface area contributed by atoms with Gasteiger partial charge in [0.2, 0.25) is 5.24 Å². The molecule has 0 aliphatic heterocycles. The Balaban J connectivity index is 3.06. The number of hydrogen-bond acceptors (Lipinski definition) is 1. The molecule has 0 N–H and O–H groups in total. The zero-order valence-electron chi connectivity index (χ0n) is 17.6. The van der Waals surface area contributed by atoms with E-state index in [-0.39, 0.29) is 5.24 Å². The van der Waals surface area contributed by atoms with Crippen molar-refractivity contribution in [3.63, 3.8) is 0 Å². The van der Waals surface area contributed by atoms with Crippen molar-refractivity contribution in [1.29, 1.82) is 0 Å². The highest BCUT2D eigenvalue weighted by atomic mass is 35.5. The molecular weight excluding hydrogens is 340 g/mol. The summed E-state index contributed by atoms with van der Waals surface area (Å²) in [7, 11) is 0. The first kappa shape index (κ1) is 25.7. The Kier molecular flexibility index (Phi) is 22.5. The standard InChI is InChI=1S/C24H45ClO/c1-2-3-4-5-6-7-8-9-10-11-12-13-14-15-16-17-18-19-20-21-22-23-24(25)26/h9-10H,2-8,11-23H2,1H3/b10-9+. The van der Waals surface area contributed by atoms with Crippen molar-refractivity contribution >= 4 is 16.8 Å². The van der Waals surface area contributed by atoms with Crippen molar-refractivity contribution in [2.45, 2.75) is 135 Å². The van der Waals surface area contributed by atoms with E-state index in [1.165, 1.54) is 109 Å². The quantitative estimate of drug-likeness (QED) is 0.109. The lowest BCUT2D eigenvalue weighted by atomic mass is 10.0. The van der Waals surface area contributed by atoms with Crippen LogP contribution in [0.25, 0.3) is 0 Å². The first-order valence-corrected chi connectivity index (χ1v) is 12.0. The number of carbonyl (C=O) groups excluding carboxylic acids is 1. The van der Waals surface area contributed by atoms with Crippen LogP contribution in [0, 0.1) is 0 Å². The largest absolute Gasteiger partial charge is 0.281 e. The lowest BCUT2D eigenvalue weighted by molar-refractivity contribution is -0.111. The molecule has 0 saturated heterocycles. The predicted octanol–water partition coefficient (Wildman–Crippen LogP) is 9.13. The summed E-state index contributed by atoms with van der Waals surface area (Å²) >= 11 is 5.33. The SMILES string of the molecule is CCCCCCCC/C=C/CCCCCCCCCCCCCC(=O)Cl. The Labute approximate surface area is 169 Å². The second-order valence-corrected chi connectivity index (χ2v) is 8.23. The summed E-state index contributed by atoms with van der Waals surface area (Å²) in [6, 6.07) is 0. The maximum absolute atomic E-state index is 10.6. The number of unbranched alkanes of at least 4 members (excludes halogenated alkanes) is 17. The molecule has 0 aliphatic rings. The summed E-state index contributed by atoms with van der Waals surface area (Å²) in [5.41, 5.74) is 0. The van der Waals surface area contributed by atoms with Gasteiger partial charge in [0.05, 0.1) is 0 Å². The van der Waals surface area contributed by atoms with Crippen LogP contribution in [0.1, 0.15) is 135 Å². The molecule has 2 heteroatoms. The zero-order chi connectivity index (χ0) is 19.1. The van der Waals surface area contributed by atoms with Crippen LogP contribution in [-0.4, -0.2) is 5.24 Å². The lowest BCUT2D eigenvalue weighted by Gasteiger charge is -2.02. The topological polar surface area (TPSA) is 17.1 Å². The summed E-state index contributed by atoms with van der Waals surface area (Å²) in [5, 5.41) is -0.182. The molecule has 0 fully saturated rings. The molecule has 0 bridgehead atoms. The monoisotopic (exact) mass is 384 g/mol. The smallest absolute Gasteiger partial charge is 0.221 e. The average Bonchev–Trinajstić information content (AvgIpc) is 2.62. The number of carbonyl (C=O) groups is 1. The van der Waals surface area contributed by atoms with Crippen LogP contribution in [-0.2, 0) is 4.79 Å². The van der Waals surface area contributed by atoms with E-state index in [0.29, 0.717) is 6.42 Å². The molecule has 0 spiro atoms. The van der Waals surface area contributed by atoms with Crippen LogP contribution >= 0.6 is 11.6 Å². The first-order valence-electron chi connectivity index (χ1n) is 11.6. The van der Waals surface area contributed by atoms with Gasteiger partial charge in [0.15, 0.2) is 0 Å². The maximum atomic E-state index is 10.6. The van der Waals surface area contributed by atoms with Gasteiger partial charge in [-0.1, -0.05) is 109 Å². The van der Waals surface area contributed by atoms with Crippen LogP contribution < -0.4 is 0 Å². The van der Waals surface area contributed by atoms with Crippen LogP contribution in [0.3, 0.4) is 0 Å².